The van der Waals surface area contributed by atoms with E-state index < -0.39 is 0 Å². The summed E-state index contributed by atoms with van der Waals surface area (Å²) < 4.78 is 5.45. The molecule has 2 rings (SSSR count). The summed E-state index contributed by atoms with van der Waals surface area (Å²) in [5.74, 6) is 0.926. The minimum absolute atomic E-state index is 0.0845. The number of aliphatic hydroxyl groups excluding tert-OH is 1. The van der Waals surface area contributed by atoms with E-state index in [1.807, 2.05) is 0 Å². The second-order valence-corrected chi connectivity index (χ2v) is 4.88. The van der Waals surface area contributed by atoms with Gasteiger partial charge in [-0.05, 0) is 52.8 Å². The van der Waals surface area contributed by atoms with Crippen LogP contribution in [0.3, 0.4) is 0 Å². The molecule has 0 aliphatic carbocycles. The number of hydrogen-bond acceptors (Lipinski definition) is 2. The van der Waals surface area contributed by atoms with Crippen LogP contribution in [0.5, 0.6) is 5.75 Å². The van der Waals surface area contributed by atoms with E-state index in [1.165, 1.54) is 11.1 Å². The van der Waals surface area contributed by atoms with E-state index in [-0.39, 0.29) is 6.61 Å². The van der Waals surface area contributed by atoms with Crippen LogP contribution in [0.2, 0.25) is 0 Å². The smallest absolute Gasteiger partial charge is 0.122 e. The third-order valence-corrected chi connectivity index (χ3v) is 3.76. The molecule has 106 valence electrons. The van der Waals surface area contributed by atoms with E-state index in [9.17, 15) is 5.11 Å². The number of benzene rings is 2. The first-order valence-electron chi connectivity index (χ1n) is 7.13. The van der Waals surface area contributed by atoms with Crippen LogP contribution in [-0.2, 0) is 19.4 Å². The molecule has 0 aliphatic heterocycles. The van der Waals surface area contributed by atoms with Crippen LogP contribution >= 0.6 is 0 Å². The molecule has 0 aliphatic rings. The minimum Gasteiger partial charge on any atom is -0.496 e. The van der Waals surface area contributed by atoms with E-state index in [0.29, 0.717) is 0 Å². The molecule has 0 aromatic heterocycles. The Labute approximate surface area is 121 Å². The van der Waals surface area contributed by atoms with Crippen LogP contribution in [0, 0.1) is 0 Å². The predicted molar refractivity (Wildman–Crippen MR) is 83.1 cm³/mol. The molecule has 0 amide bonds. The Kier molecular flexibility index (Phi) is 4.80. The van der Waals surface area contributed by atoms with Gasteiger partial charge in [-0.25, -0.2) is 0 Å². The van der Waals surface area contributed by atoms with Crippen molar-refractivity contribution in [1.82, 2.24) is 0 Å². The highest BCUT2D eigenvalue weighted by molar-refractivity contribution is 5.67. The van der Waals surface area contributed by atoms with Gasteiger partial charge in [0.25, 0.3) is 0 Å². The first-order chi connectivity index (χ1) is 9.73. The Hall–Kier alpha value is -1.80. The third kappa shape index (κ3) is 2.86. The third-order valence-electron chi connectivity index (χ3n) is 3.76. The standard InChI is InChI=1S/C18H22O2/c1-4-13-6-8-15(10-17(13)12-19)16-9-7-14(5-2)18(11-16)20-3/h6-11,19H,4-5,12H2,1-3H3. The largest absolute Gasteiger partial charge is 0.496 e. The molecule has 1 N–H and O–H groups in total. The van der Waals surface area contributed by atoms with Crippen molar-refractivity contribution < 1.29 is 9.84 Å². The fraction of sp³-hybridized carbons (Fsp3) is 0.333. The molecular weight excluding hydrogens is 248 g/mol. The first-order valence-corrected chi connectivity index (χ1v) is 7.13. The van der Waals surface area contributed by atoms with Crippen molar-refractivity contribution in [1.29, 1.82) is 0 Å². The number of aliphatic hydroxyl groups is 1. The molecule has 0 radical (unpaired) electrons. The van der Waals surface area contributed by atoms with E-state index in [1.54, 1.807) is 7.11 Å². The van der Waals surface area contributed by atoms with Crippen molar-refractivity contribution in [3.05, 3.63) is 53.1 Å². The van der Waals surface area contributed by atoms with Crippen LogP contribution in [0.15, 0.2) is 36.4 Å². The molecule has 0 bridgehead atoms. The molecule has 0 unspecified atom stereocenters. The summed E-state index contributed by atoms with van der Waals surface area (Å²) in [5, 5.41) is 9.48. The zero-order chi connectivity index (χ0) is 14.5. The molecule has 0 saturated heterocycles. The van der Waals surface area contributed by atoms with Gasteiger partial charge in [0, 0.05) is 0 Å². The second-order valence-electron chi connectivity index (χ2n) is 4.88. The Morgan fingerprint density at radius 1 is 0.850 bits per heavy atom. The van der Waals surface area contributed by atoms with Gasteiger partial charge in [-0.1, -0.05) is 38.1 Å². The second kappa shape index (κ2) is 6.58. The van der Waals surface area contributed by atoms with Crippen LogP contribution in [0.1, 0.15) is 30.5 Å². The van der Waals surface area contributed by atoms with E-state index >= 15 is 0 Å². The monoisotopic (exact) mass is 270 g/mol. The summed E-state index contributed by atoms with van der Waals surface area (Å²) >= 11 is 0. The fourth-order valence-corrected chi connectivity index (χ4v) is 2.51. The molecule has 0 spiro atoms. The van der Waals surface area contributed by atoms with Gasteiger partial charge in [0.15, 0.2) is 0 Å². The molecular formula is C18H22O2. The van der Waals surface area contributed by atoms with Crippen molar-refractivity contribution in [3.63, 3.8) is 0 Å². The average Bonchev–Trinajstić information content (AvgIpc) is 2.53. The van der Waals surface area contributed by atoms with Crippen molar-refractivity contribution in [2.24, 2.45) is 0 Å². The maximum absolute atomic E-state index is 9.48. The van der Waals surface area contributed by atoms with Crippen molar-refractivity contribution in [3.8, 4) is 16.9 Å². The zero-order valence-corrected chi connectivity index (χ0v) is 12.4. The molecule has 2 aromatic rings. The number of ether oxygens (including phenoxy) is 1. The van der Waals surface area contributed by atoms with Crippen LogP contribution in [0.25, 0.3) is 11.1 Å². The summed E-state index contributed by atoms with van der Waals surface area (Å²) in [6.45, 7) is 4.31. The van der Waals surface area contributed by atoms with Gasteiger partial charge in [0.2, 0.25) is 0 Å². The number of hydrogen-bond donors (Lipinski definition) is 1. The molecule has 20 heavy (non-hydrogen) atoms. The summed E-state index contributed by atoms with van der Waals surface area (Å²) in [5.41, 5.74) is 5.66. The van der Waals surface area contributed by atoms with Gasteiger partial charge < -0.3 is 9.84 Å². The van der Waals surface area contributed by atoms with Crippen LogP contribution in [-0.4, -0.2) is 12.2 Å². The molecule has 0 atom stereocenters. The highest BCUT2D eigenvalue weighted by Gasteiger charge is 2.07. The van der Waals surface area contributed by atoms with E-state index in [4.69, 9.17) is 4.74 Å². The molecule has 0 saturated carbocycles. The Balaban J connectivity index is 2.46. The molecule has 0 fully saturated rings. The molecule has 2 heteroatoms. The van der Waals surface area contributed by atoms with Crippen molar-refractivity contribution in [2.75, 3.05) is 7.11 Å². The van der Waals surface area contributed by atoms with Gasteiger partial charge >= 0.3 is 0 Å². The molecule has 0 heterocycles. The van der Waals surface area contributed by atoms with E-state index in [0.717, 1.165) is 35.3 Å². The molecule has 2 nitrogen and oxygen atoms in total. The average molecular weight is 270 g/mol. The quantitative estimate of drug-likeness (QED) is 0.890. The predicted octanol–water partition coefficient (Wildman–Crippen LogP) is 3.98. The maximum Gasteiger partial charge on any atom is 0.122 e. The summed E-state index contributed by atoms with van der Waals surface area (Å²) in [7, 11) is 1.71. The van der Waals surface area contributed by atoms with Gasteiger partial charge in [-0.15, -0.1) is 0 Å². The zero-order valence-electron chi connectivity index (χ0n) is 12.4. The minimum atomic E-state index is 0.0845. The Morgan fingerprint density at radius 2 is 1.45 bits per heavy atom. The van der Waals surface area contributed by atoms with Gasteiger partial charge in [-0.2, -0.15) is 0 Å². The number of rotatable bonds is 5. The van der Waals surface area contributed by atoms with Crippen LogP contribution < -0.4 is 4.74 Å². The topological polar surface area (TPSA) is 29.5 Å². The summed E-state index contributed by atoms with van der Waals surface area (Å²) in [6, 6.07) is 12.6. The lowest BCUT2D eigenvalue weighted by atomic mass is 9.97. The number of aryl methyl sites for hydroxylation is 2. The number of methoxy groups -OCH3 is 1. The highest BCUT2D eigenvalue weighted by Crippen LogP contribution is 2.29. The van der Waals surface area contributed by atoms with Gasteiger partial charge in [0.05, 0.1) is 13.7 Å². The SMILES string of the molecule is CCc1ccc(-c2ccc(CC)c(OC)c2)cc1CO. The lowest BCUT2D eigenvalue weighted by molar-refractivity contribution is 0.280. The normalized spacial score (nSPS) is 10.6. The fourth-order valence-electron chi connectivity index (χ4n) is 2.51. The Morgan fingerprint density at radius 3 is 2.00 bits per heavy atom. The Bertz CT molecular complexity index is 534. The first kappa shape index (κ1) is 14.6. The van der Waals surface area contributed by atoms with E-state index in [2.05, 4.69) is 50.2 Å². The summed E-state index contributed by atoms with van der Waals surface area (Å²) in [4.78, 5) is 0. The van der Waals surface area contributed by atoms with Gasteiger partial charge in [-0.3, -0.25) is 0 Å². The lowest BCUT2D eigenvalue weighted by Gasteiger charge is -2.12. The van der Waals surface area contributed by atoms with Gasteiger partial charge in [0.1, 0.15) is 5.75 Å². The lowest BCUT2D eigenvalue weighted by Crippen LogP contribution is -1.94. The summed E-state index contributed by atoms with van der Waals surface area (Å²) in [6.07, 6.45) is 1.90. The van der Waals surface area contributed by atoms with Crippen LogP contribution in [0.4, 0.5) is 0 Å². The maximum atomic E-state index is 9.48. The molecule has 2 aromatic carbocycles. The highest BCUT2D eigenvalue weighted by atomic mass is 16.5. The van der Waals surface area contributed by atoms with Crippen molar-refractivity contribution in [2.45, 2.75) is 33.3 Å². The van der Waals surface area contributed by atoms with Crippen molar-refractivity contribution >= 4 is 0 Å².